The van der Waals surface area contributed by atoms with Crippen molar-refractivity contribution in [2.45, 2.75) is 38.5 Å². The van der Waals surface area contributed by atoms with Crippen molar-refractivity contribution in [2.24, 2.45) is 0 Å². The van der Waals surface area contributed by atoms with Gasteiger partial charge < -0.3 is 14.1 Å². The van der Waals surface area contributed by atoms with Crippen LogP contribution in [-0.2, 0) is 30.7 Å². The number of fused-ring (bicyclic) bond motifs is 1. The molecule has 3 rings (SSSR count). The van der Waals surface area contributed by atoms with Gasteiger partial charge >= 0.3 is 11.7 Å². The number of rotatable bonds is 6. The van der Waals surface area contributed by atoms with Gasteiger partial charge in [-0.05, 0) is 25.5 Å². The quantitative estimate of drug-likeness (QED) is 0.639. The van der Waals surface area contributed by atoms with Crippen LogP contribution in [0.15, 0.2) is 33.5 Å². The van der Waals surface area contributed by atoms with E-state index in [0.29, 0.717) is 17.5 Å². The summed E-state index contributed by atoms with van der Waals surface area (Å²) in [6.45, 7) is 1.51. The molecule has 1 fully saturated rings. The first-order valence-electron chi connectivity index (χ1n) is 8.93. The fraction of sp³-hybridized carbons (Fsp3) is 0.500. The van der Waals surface area contributed by atoms with Crippen molar-refractivity contribution in [1.82, 2.24) is 9.47 Å². The zero-order valence-electron chi connectivity index (χ0n) is 15.7. The molecule has 1 aliphatic rings. The number of hydrogen-bond donors (Lipinski definition) is 0. The number of sulfone groups is 1. The molecule has 0 aliphatic carbocycles. The largest absolute Gasteiger partial charge is 0.452 e. The third kappa shape index (κ3) is 4.27. The fourth-order valence-corrected chi connectivity index (χ4v) is 5.06. The molecule has 0 unspecified atom stereocenters. The molecule has 0 radical (unpaired) electrons. The molecule has 152 valence electrons. The van der Waals surface area contributed by atoms with Gasteiger partial charge in [-0.2, -0.15) is 0 Å². The Morgan fingerprint density at radius 2 is 2.07 bits per heavy atom. The third-order valence-electron chi connectivity index (χ3n) is 4.87. The van der Waals surface area contributed by atoms with Gasteiger partial charge in [0, 0.05) is 19.6 Å². The second-order valence-corrected chi connectivity index (χ2v) is 9.10. The molecular formula is C18H22N2O7S. The van der Waals surface area contributed by atoms with Crippen LogP contribution in [0.1, 0.15) is 19.8 Å². The average molecular weight is 410 g/mol. The highest BCUT2D eigenvalue weighted by atomic mass is 32.2. The van der Waals surface area contributed by atoms with Crippen LogP contribution in [0.3, 0.4) is 0 Å². The average Bonchev–Trinajstić information content (AvgIpc) is 3.17. The Bertz CT molecular complexity index is 1050. The van der Waals surface area contributed by atoms with Crippen LogP contribution in [0.4, 0.5) is 0 Å². The topological polar surface area (TPSA) is 116 Å². The smallest absolute Gasteiger partial charge is 0.419 e. The first kappa shape index (κ1) is 20.1. The van der Waals surface area contributed by atoms with Gasteiger partial charge in [0.1, 0.15) is 0 Å². The molecule has 1 saturated heterocycles. The second-order valence-electron chi connectivity index (χ2n) is 6.88. The lowest BCUT2D eigenvalue weighted by atomic mass is 10.2. The number of likely N-dealkylation sites (N-methyl/N-ethyl adjacent to an activating group) is 1. The summed E-state index contributed by atoms with van der Waals surface area (Å²) < 4.78 is 34.8. The zero-order valence-corrected chi connectivity index (χ0v) is 16.5. The maximum absolute atomic E-state index is 12.4. The minimum absolute atomic E-state index is 0.0524. The van der Waals surface area contributed by atoms with Crippen molar-refractivity contribution >= 4 is 32.8 Å². The van der Waals surface area contributed by atoms with E-state index in [1.165, 1.54) is 23.4 Å². The molecular weight excluding hydrogens is 388 g/mol. The summed E-state index contributed by atoms with van der Waals surface area (Å²) in [5.41, 5.74) is 1.00. The Morgan fingerprint density at radius 1 is 1.36 bits per heavy atom. The van der Waals surface area contributed by atoms with E-state index in [-0.39, 0.29) is 24.5 Å². The minimum atomic E-state index is -3.12. The number of aryl methyl sites for hydroxylation is 1. The van der Waals surface area contributed by atoms with Gasteiger partial charge in [0.25, 0.3) is 5.91 Å². The van der Waals surface area contributed by atoms with Crippen LogP contribution in [0.25, 0.3) is 11.1 Å². The van der Waals surface area contributed by atoms with E-state index in [2.05, 4.69) is 0 Å². The van der Waals surface area contributed by atoms with Crippen LogP contribution < -0.4 is 5.76 Å². The molecule has 10 heteroatoms. The molecule has 1 amide bonds. The van der Waals surface area contributed by atoms with Gasteiger partial charge in [-0.15, -0.1) is 0 Å². The van der Waals surface area contributed by atoms with Crippen LogP contribution in [0, 0.1) is 0 Å². The molecule has 0 saturated carbocycles. The Hall–Kier alpha value is -2.62. The van der Waals surface area contributed by atoms with Gasteiger partial charge in [-0.3, -0.25) is 14.2 Å². The summed E-state index contributed by atoms with van der Waals surface area (Å²) in [6.07, 6.45) is -0.775. The van der Waals surface area contributed by atoms with Gasteiger partial charge in [-0.25, -0.2) is 13.2 Å². The van der Waals surface area contributed by atoms with Gasteiger partial charge in [-0.1, -0.05) is 12.1 Å². The third-order valence-corrected chi connectivity index (χ3v) is 6.62. The number of hydrogen-bond acceptors (Lipinski definition) is 7. The number of para-hydroxylation sites is 2. The lowest BCUT2D eigenvalue weighted by Crippen LogP contribution is -2.44. The Balaban J connectivity index is 1.56. The summed E-state index contributed by atoms with van der Waals surface area (Å²) in [4.78, 5) is 37.8. The number of aromatic nitrogens is 1. The first-order chi connectivity index (χ1) is 13.2. The van der Waals surface area contributed by atoms with Crippen molar-refractivity contribution in [3.05, 3.63) is 34.8 Å². The fourth-order valence-electron chi connectivity index (χ4n) is 3.28. The summed E-state index contributed by atoms with van der Waals surface area (Å²) in [7, 11) is -1.61. The van der Waals surface area contributed by atoms with Gasteiger partial charge in [0.2, 0.25) is 0 Å². The number of oxazole rings is 1. The lowest BCUT2D eigenvalue weighted by molar-refractivity contribution is -0.159. The Morgan fingerprint density at radius 3 is 2.75 bits per heavy atom. The molecule has 2 aromatic rings. The summed E-state index contributed by atoms with van der Waals surface area (Å²) in [5, 5.41) is 0. The molecule has 2 atom stereocenters. The highest BCUT2D eigenvalue weighted by Gasteiger charge is 2.34. The molecule has 28 heavy (non-hydrogen) atoms. The number of benzene rings is 1. The normalized spacial score (nSPS) is 19.4. The van der Waals surface area contributed by atoms with Crippen LogP contribution in [0.5, 0.6) is 0 Å². The summed E-state index contributed by atoms with van der Waals surface area (Å²) >= 11 is 0. The molecule has 0 N–H and O–H groups in total. The first-order valence-corrected chi connectivity index (χ1v) is 10.7. The van der Waals surface area contributed by atoms with E-state index < -0.39 is 39.6 Å². The maximum Gasteiger partial charge on any atom is 0.419 e. The van der Waals surface area contributed by atoms with E-state index in [9.17, 15) is 22.8 Å². The predicted octanol–water partition coefficient (Wildman–Crippen LogP) is 0.562. The van der Waals surface area contributed by atoms with Crippen molar-refractivity contribution in [1.29, 1.82) is 0 Å². The van der Waals surface area contributed by atoms with Gasteiger partial charge in [0.15, 0.2) is 21.5 Å². The van der Waals surface area contributed by atoms with E-state index in [1.54, 1.807) is 24.3 Å². The van der Waals surface area contributed by atoms with Crippen molar-refractivity contribution in [3.8, 4) is 0 Å². The number of ether oxygens (including phenoxy) is 1. The number of esters is 1. The molecule has 0 spiro atoms. The van der Waals surface area contributed by atoms with E-state index in [4.69, 9.17) is 9.15 Å². The minimum Gasteiger partial charge on any atom is -0.452 e. The molecule has 1 aromatic carbocycles. The van der Waals surface area contributed by atoms with Crippen molar-refractivity contribution < 1.29 is 27.2 Å². The number of carbonyl (C=O) groups is 2. The molecule has 9 nitrogen and oxygen atoms in total. The molecule has 2 heterocycles. The van der Waals surface area contributed by atoms with Crippen molar-refractivity contribution in [3.63, 3.8) is 0 Å². The Labute approximate surface area is 161 Å². The number of nitrogens with zero attached hydrogens (tertiary/aromatic N) is 2. The highest BCUT2D eigenvalue weighted by Crippen LogP contribution is 2.18. The predicted molar refractivity (Wildman–Crippen MR) is 100 cm³/mol. The van der Waals surface area contributed by atoms with Crippen LogP contribution in [-0.4, -0.2) is 60.5 Å². The summed E-state index contributed by atoms with van der Waals surface area (Å²) in [6, 6.07) is 6.46. The SMILES string of the molecule is C[C@H](OC(=O)CCn1c(=O)oc2ccccc21)C(=O)N(C)[C@H]1CCS(=O)(=O)C1. The number of carbonyl (C=O) groups excluding carboxylic acids is 2. The van der Waals surface area contributed by atoms with Gasteiger partial charge in [0.05, 0.1) is 23.4 Å². The molecule has 1 aliphatic heterocycles. The molecule has 1 aromatic heterocycles. The monoisotopic (exact) mass is 410 g/mol. The highest BCUT2D eigenvalue weighted by molar-refractivity contribution is 7.91. The standard InChI is InChI=1S/C18H22N2O7S/c1-12(17(22)19(2)13-8-10-28(24,25)11-13)26-16(21)7-9-20-14-5-3-4-6-15(14)27-18(20)23/h3-6,12-13H,7-11H2,1-2H3/t12-,13-/m0/s1. The molecule has 0 bridgehead atoms. The van der Waals surface area contributed by atoms with Crippen molar-refractivity contribution in [2.75, 3.05) is 18.6 Å². The maximum atomic E-state index is 12.4. The van der Waals surface area contributed by atoms with Crippen LogP contribution >= 0.6 is 0 Å². The summed E-state index contributed by atoms with van der Waals surface area (Å²) in [5.74, 6) is -1.68. The Kier molecular flexibility index (Phi) is 5.59. The van der Waals surface area contributed by atoms with Crippen LogP contribution in [0.2, 0.25) is 0 Å². The number of amides is 1. The van der Waals surface area contributed by atoms with E-state index in [1.807, 2.05) is 0 Å². The van der Waals surface area contributed by atoms with E-state index >= 15 is 0 Å². The lowest BCUT2D eigenvalue weighted by Gasteiger charge is -2.26. The zero-order chi connectivity index (χ0) is 20.5. The van der Waals surface area contributed by atoms with E-state index in [0.717, 1.165) is 0 Å². The second kappa shape index (κ2) is 7.78.